The number of benzene rings is 3. The molecule has 0 saturated heterocycles. The predicted octanol–water partition coefficient (Wildman–Crippen LogP) is 3.70. The second-order valence-electron chi connectivity index (χ2n) is 6.31. The molecular weight excluding hydrogens is 405 g/mol. The minimum absolute atomic E-state index is 0.117. The Kier molecular flexibility index (Phi) is 5.36. The number of halogens is 1. The van der Waals surface area contributed by atoms with E-state index in [9.17, 15) is 9.18 Å². The number of hydrogen-bond donors (Lipinski definition) is 2. The lowest BCUT2D eigenvalue weighted by molar-refractivity contribution is 0.0977. The number of amides is 1. The van der Waals surface area contributed by atoms with Gasteiger partial charge in [0.25, 0.3) is 5.91 Å². The van der Waals surface area contributed by atoms with Crippen molar-refractivity contribution in [2.75, 3.05) is 12.4 Å². The van der Waals surface area contributed by atoms with Crippen LogP contribution in [0.1, 0.15) is 10.4 Å². The van der Waals surface area contributed by atoms with Crippen LogP contribution in [-0.4, -0.2) is 33.1 Å². The number of rotatable bonds is 4. The van der Waals surface area contributed by atoms with Crippen LogP contribution in [0.5, 0.6) is 5.75 Å². The topological polar surface area (TPSA) is 81.1 Å². The van der Waals surface area contributed by atoms with Gasteiger partial charge in [0.05, 0.1) is 12.8 Å². The van der Waals surface area contributed by atoms with Gasteiger partial charge in [-0.1, -0.05) is 0 Å². The molecule has 1 aromatic heterocycles. The number of thiocarbonyl (C=S) groups is 1. The van der Waals surface area contributed by atoms with E-state index >= 15 is 0 Å². The van der Waals surface area contributed by atoms with Crippen LogP contribution in [0.15, 0.2) is 66.7 Å². The molecule has 0 unspecified atom stereocenters. The summed E-state index contributed by atoms with van der Waals surface area (Å²) in [6.45, 7) is 0. The van der Waals surface area contributed by atoms with E-state index in [4.69, 9.17) is 17.0 Å². The summed E-state index contributed by atoms with van der Waals surface area (Å²) in [7, 11) is 1.61. The first-order valence-electron chi connectivity index (χ1n) is 8.91. The van der Waals surface area contributed by atoms with Crippen molar-refractivity contribution in [1.29, 1.82) is 0 Å². The van der Waals surface area contributed by atoms with E-state index in [-0.39, 0.29) is 5.11 Å². The van der Waals surface area contributed by atoms with Gasteiger partial charge in [-0.2, -0.15) is 4.80 Å². The van der Waals surface area contributed by atoms with Gasteiger partial charge in [0.1, 0.15) is 22.6 Å². The lowest BCUT2D eigenvalue weighted by Gasteiger charge is -2.09. The van der Waals surface area contributed by atoms with E-state index in [0.717, 1.165) is 11.4 Å². The Morgan fingerprint density at radius 2 is 1.70 bits per heavy atom. The number of carbonyl (C=O) groups is 1. The quantitative estimate of drug-likeness (QED) is 0.489. The number of nitrogens with one attached hydrogen (secondary N) is 2. The summed E-state index contributed by atoms with van der Waals surface area (Å²) >= 11 is 5.20. The molecule has 0 aliphatic heterocycles. The number of hydrogen-bond acceptors (Lipinski definition) is 5. The molecule has 1 amide bonds. The average Bonchev–Trinajstić information content (AvgIpc) is 3.17. The fraction of sp³-hybridized carbons (Fsp3) is 0.0476. The Morgan fingerprint density at radius 3 is 2.40 bits per heavy atom. The third kappa shape index (κ3) is 4.26. The second-order valence-corrected chi connectivity index (χ2v) is 6.71. The lowest BCUT2D eigenvalue weighted by Crippen LogP contribution is -2.34. The SMILES string of the molecule is COc1ccc(-n2nc3ccc(NC(=S)NC(=O)c4ccc(F)cc4)cc3n2)cc1. The molecule has 2 N–H and O–H groups in total. The van der Waals surface area contributed by atoms with Crippen LogP contribution < -0.4 is 15.4 Å². The summed E-state index contributed by atoms with van der Waals surface area (Å²) in [6, 6.07) is 17.9. The largest absolute Gasteiger partial charge is 0.497 e. The van der Waals surface area contributed by atoms with E-state index in [1.807, 2.05) is 24.3 Å². The first-order valence-corrected chi connectivity index (χ1v) is 9.32. The zero-order valence-corrected chi connectivity index (χ0v) is 16.6. The van der Waals surface area contributed by atoms with E-state index < -0.39 is 11.7 Å². The minimum Gasteiger partial charge on any atom is -0.497 e. The van der Waals surface area contributed by atoms with Crippen LogP contribution in [0.3, 0.4) is 0 Å². The summed E-state index contributed by atoms with van der Waals surface area (Å²) < 4.78 is 18.1. The van der Waals surface area contributed by atoms with E-state index in [0.29, 0.717) is 22.3 Å². The highest BCUT2D eigenvalue weighted by atomic mass is 32.1. The molecule has 0 fully saturated rings. The Hall–Kier alpha value is -3.85. The van der Waals surface area contributed by atoms with Crippen LogP contribution in [0.4, 0.5) is 10.1 Å². The molecule has 0 aliphatic rings. The first-order chi connectivity index (χ1) is 14.5. The maximum absolute atomic E-state index is 13.0. The summed E-state index contributed by atoms with van der Waals surface area (Å²) in [4.78, 5) is 13.7. The average molecular weight is 421 g/mol. The van der Waals surface area contributed by atoms with Gasteiger partial charge in [0.2, 0.25) is 0 Å². The first kappa shape index (κ1) is 19.5. The molecule has 7 nitrogen and oxygen atoms in total. The summed E-state index contributed by atoms with van der Waals surface area (Å²) in [5, 5.41) is 14.6. The number of ether oxygens (including phenoxy) is 1. The molecule has 0 saturated carbocycles. The van der Waals surface area contributed by atoms with Gasteiger partial charge in [0, 0.05) is 11.3 Å². The van der Waals surface area contributed by atoms with Gasteiger partial charge in [0.15, 0.2) is 5.11 Å². The molecule has 0 radical (unpaired) electrons. The smallest absolute Gasteiger partial charge is 0.257 e. The van der Waals surface area contributed by atoms with Gasteiger partial charge in [-0.05, 0) is 78.9 Å². The molecule has 3 aromatic carbocycles. The molecule has 9 heteroatoms. The van der Waals surface area contributed by atoms with Crippen LogP contribution in [-0.2, 0) is 0 Å². The highest BCUT2D eigenvalue weighted by Gasteiger charge is 2.10. The van der Waals surface area contributed by atoms with Gasteiger partial charge in [-0.25, -0.2) is 4.39 Å². The molecule has 150 valence electrons. The summed E-state index contributed by atoms with van der Waals surface area (Å²) in [5.74, 6) is -0.0968. The molecule has 0 spiro atoms. The maximum Gasteiger partial charge on any atom is 0.257 e. The number of anilines is 1. The van der Waals surface area contributed by atoms with E-state index in [2.05, 4.69) is 20.8 Å². The van der Waals surface area contributed by atoms with Crippen LogP contribution >= 0.6 is 12.2 Å². The van der Waals surface area contributed by atoms with Gasteiger partial charge in [-0.3, -0.25) is 10.1 Å². The number of nitrogens with zero attached hydrogens (tertiary/aromatic N) is 3. The van der Waals surface area contributed by atoms with E-state index in [1.165, 1.54) is 29.1 Å². The van der Waals surface area contributed by atoms with Crippen molar-refractivity contribution >= 4 is 40.0 Å². The number of fused-ring (bicyclic) bond motifs is 1. The lowest BCUT2D eigenvalue weighted by atomic mass is 10.2. The van der Waals surface area contributed by atoms with Crippen LogP contribution in [0.2, 0.25) is 0 Å². The van der Waals surface area contributed by atoms with Crippen molar-refractivity contribution < 1.29 is 13.9 Å². The van der Waals surface area contributed by atoms with Crippen molar-refractivity contribution in [3.63, 3.8) is 0 Å². The van der Waals surface area contributed by atoms with Crippen LogP contribution in [0.25, 0.3) is 16.7 Å². The molecule has 1 heterocycles. The Bertz CT molecular complexity index is 1220. The molecule has 30 heavy (non-hydrogen) atoms. The number of methoxy groups -OCH3 is 1. The molecular formula is C21H16FN5O2S. The van der Waals surface area contributed by atoms with Gasteiger partial charge in [-0.15, -0.1) is 10.2 Å². The Morgan fingerprint density at radius 1 is 1.00 bits per heavy atom. The molecule has 4 rings (SSSR count). The van der Waals surface area contributed by atoms with Gasteiger partial charge >= 0.3 is 0 Å². The zero-order chi connectivity index (χ0) is 21.1. The van der Waals surface area contributed by atoms with Crippen molar-refractivity contribution in [1.82, 2.24) is 20.3 Å². The minimum atomic E-state index is -0.431. The van der Waals surface area contributed by atoms with E-state index in [1.54, 1.807) is 25.3 Å². The molecule has 0 aliphatic carbocycles. The van der Waals surface area contributed by atoms with Crippen molar-refractivity contribution in [3.05, 3.63) is 78.1 Å². The van der Waals surface area contributed by atoms with Crippen molar-refractivity contribution in [2.24, 2.45) is 0 Å². The standard InChI is InChI=1S/C21H16FN5O2S/c1-29-17-9-7-16(8-10-17)27-25-18-11-6-15(12-19(18)26-27)23-21(30)24-20(28)13-2-4-14(22)5-3-13/h2-12H,1H3,(H2,23,24,28,30). The van der Waals surface area contributed by atoms with Gasteiger partial charge < -0.3 is 10.1 Å². The highest BCUT2D eigenvalue weighted by molar-refractivity contribution is 7.80. The second kappa shape index (κ2) is 8.26. The highest BCUT2D eigenvalue weighted by Crippen LogP contribution is 2.19. The molecule has 4 aromatic rings. The summed E-state index contributed by atoms with van der Waals surface area (Å²) in [6.07, 6.45) is 0. The summed E-state index contributed by atoms with van der Waals surface area (Å²) in [5.41, 5.74) is 3.11. The Labute approximate surface area is 176 Å². The van der Waals surface area contributed by atoms with Crippen molar-refractivity contribution in [2.45, 2.75) is 0 Å². The Balaban J connectivity index is 1.47. The maximum atomic E-state index is 13.0. The molecule has 0 bridgehead atoms. The monoisotopic (exact) mass is 421 g/mol. The third-order valence-electron chi connectivity index (χ3n) is 4.28. The predicted molar refractivity (Wildman–Crippen MR) is 116 cm³/mol. The third-order valence-corrected chi connectivity index (χ3v) is 4.48. The van der Waals surface area contributed by atoms with Crippen molar-refractivity contribution in [3.8, 4) is 11.4 Å². The molecule has 0 atom stereocenters. The number of aromatic nitrogens is 3. The zero-order valence-electron chi connectivity index (χ0n) is 15.8. The normalized spacial score (nSPS) is 10.6. The van der Waals surface area contributed by atoms with Crippen LogP contribution in [0, 0.1) is 5.82 Å². The fourth-order valence-electron chi connectivity index (χ4n) is 2.76. The number of carbonyl (C=O) groups excluding carboxylic acids is 1. The fourth-order valence-corrected chi connectivity index (χ4v) is 2.97.